The minimum absolute atomic E-state index is 0.0910. The summed E-state index contributed by atoms with van der Waals surface area (Å²) in [7, 11) is 1.61. The van der Waals surface area contributed by atoms with Crippen LogP contribution in [-0.4, -0.2) is 46.2 Å². The highest BCUT2D eigenvalue weighted by Crippen LogP contribution is 2.33. The van der Waals surface area contributed by atoms with Gasteiger partial charge in [0.1, 0.15) is 23.4 Å². The molecule has 0 saturated carbocycles. The molecular weight excluding hydrogens is 386 g/mol. The first-order chi connectivity index (χ1) is 14.2. The lowest BCUT2D eigenvalue weighted by molar-refractivity contribution is 0.0695. The van der Waals surface area contributed by atoms with E-state index in [-0.39, 0.29) is 11.0 Å². The van der Waals surface area contributed by atoms with Crippen molar-refractivity contribution in [3.63, 3.8) is 0 Å². The summed E-state index contributed by atoms with van der Waals surface area (Å²) in [6, 6.07) is 6.94. The van der Waals surface area contributed by atoms with Gasteiger partial charge < -0.3 is 19.6 Å². The van der Waals surface area contributed by atoms with Gasteiger partial charge in [-0.1, -0.05) is 32.9 Å². The maximum Gasteiger partial charge on any atom is 0.341 e. The molecule has 8 nitrogen and oxygen atoms in total. The van der Waals surface area contributed by atoms with Crippen molar-refractivity contribution in [2.24, 2.45) is 5.41 Å². The molecule has 1 aromatic carbocycles. The van der Waals surface area contributed by atoms with Crippen molar-refractivity contribution in [1.82, 2.24) is 14.8 Å². The lowest BCUT2D eigenvalue weighted by Crippen LogP contribution is -2.16. The van der Waals surface area contributed by atoms with Crippen molar-refractivity contribution >= 4 is 16.9 Å². The summed E-state index contributed by atoms with van der Waals surface area (Å²) in [4.78, 5) is 26.5. The molecule has 0 aliphatic heterocycles. The number of aromatic carboxylic acids is 1. The van der Waals surface area contributed by atoms with Crippen LogP contribution in [0.25, 0.3) is 22.3 Å². The van der Waals surface area contributed by atoms with Gasteiger partial charge in [0.15, 0.2) is 5.43 Å². The predicted octanol–water partition coefficient (Wildman–Crippen LogP) is 3.55. The van der Waals surface area contributed by atoms with Gasteiger partial charge in [-0.2, -0.15) is 5.10 Å². The Morgan fingerprint density at radius 2 is 2.03 bits per heavy atom. The summed E-state index contributed by atoms with van der Waals surface area (Å²) >= 11 is 0. The summed E-state index contributed by atoms with van der Waals surface area (Å²) in [5.74, 6) is -0.632. The number of nitrogens with one attached hydrogen (secondary N) is 1. The Morgan fingerprint density at radius 3 is 2.67 bits per heavy atom. The van der Waals surface area contributed by atoms with E-state index in [1.165, 1.54) is 12.3 Å². The molecular formula is C22H27N3O5. The number of fused-ring (bicyclic) bond motifs is 1. The van der Waals surface area contributed by atoms with Crippen molar-refractivity contribution in [2.75, 3.05) is 20.3 Å². The number of ether oxygens (including phenoxy) is 2. The molecule has 0 unspecified atom stereocenters. The van der Waals surface area contributed by atoms with Crippen LogP contribution >= 0.6 is 0 Å². The number of hydrogen-bond donors (Lipinski definition) is 2. The highest BCUT2D eigenvalue weighted by Gasteiger charge is 2.20. The van der Waals surface area contributed by atoms with Crippen LogP contribution in [0.3, 0.4) is 0 Å². The van der Waals surface area contributed by atoms with Gasteiger partial charge in [-0.15, -0.1) is 0 Å². The SMILES string of the molecule is COCCOc1cccc2c(-c3cc(=O)c(C(=O)O)c[nH]3)n(CCC(C)(C)C)nc12. The highest BCUT2D eigenvalue weighted by molar-refractivity contribution is 5.96. The first-order valence-corrected chi connectivity index (χ1v) is 9.79. The lowest BCUT2D eigenvalue weighted by Gasteiger charge is -2.18. The van der Waals surface area contributed by atoms with Crippen LogP contribution < -0.4 is 10.2 Å². The number of aromatic nitrogens is 3. The third kappa shape index (κ3) is 4.71. The lowest BCUT2D eigenvalue weighted by atomic mass is 9.92. The molecule has 2 N–H and O–H groups in total. The van der Waals surface area contributed by atoms with Crippen LogP contribution in [0.5, 0.6) is 5.75 Å². The molecule has 3 rings (SSSR count). The number of hydrogen-bond acceptors (Lipinski definition) is 5. The summed E-state index contributed by atoms with van der Waals surface area (Å²) < 4.78 is 12.7. The third-order valence-corrected chi connectivity index (χ3v) is 4.75. The van der Waals surface area contributed by atoms with Crippen LogP contribution in [0.2, 0.25) is 0 Å². The molecule has 0 bridgehead atoms. The van der Waals surface area contributed by atoms with E-state index >= 15 is 0 Å². The highest BCUT2D eigenvalue weighted by atomic mass is 16.5. The summed E-state index contributed by atoms with van der Waals surface area (Å²) in [5.41, 5.74) is 1.15. The van der Waals surface area contributed by atoms with E-state index in [2.05, 4.69) is 25.8 Å². The molecule has 2 aromatic heterocycles. The second-order valence-electron chi connectivity index (χ2n) is 8.31. The van der Waals surface area contributed by atoms with Gasteiger partial charge in [-0.3, -0.25) is 9.48 Å². The summed E-state index contributed by atoms with van der Waals surface area (Å²) in [5, 5.41) is 14.7. The van der Waals surface area contributed by atoms with Gasteiger partial charge in [-0.05, 0) is 17.9 Å². The van der Waals surface area contributed by atoms with Gasteiger partial charge in [0.05, 0.1) is 18.0 Å². The predicted molar refractivity (Wildman–Crippen MR) is 114 cm³/mol. The van der Waals surface area contributed by atoms with E-state index in [1.807, 2.05) is 22.9 Å². The van der Waals surface area contributed by atoms with E-state index in [1.54, 1.807) is 7.11 Å². The molecule has 0 fully saturated rings. The number of carboxylic acids is 1. The van der Waals surface area contributed by atoms with E-state index in [0.29, 0.717) is 36.7 Å². The van der Waals surface area contributed by atoms with Gasteiger partial charge in [0.25, 0.3) is 0 Å². The number of rotatable bonds is 8. The zero-order chi connectivity index (χ0) is 21.9. The second-order valence-corrected chi connectivity index (χ2v) is 8.31. The molecule has 0 aliphatic rings. The van der Waals surface area contributed by atoms with Crippen LogP contribution in [0.4, 0.5) is 0 Å². The summed E-state index contributed by atoms with van der Waals surface area (Å²) in [6.45, 7) is 7.94. The first kappa shape index (κ1) is 21.6. The molecule has 8 heteroatoms. The number of pyridine rings is 1. The fourth-order valence-corrected chi connectivity index (χ4v) is 3.14. The third-order valence-electron chi connectivity index (χ3n) is 4.75. The number of aromatic amines is 1. The molecule has 0 saturated heterocycles. The number of benzene rings is 1. The smallest absolute Gasteiger partial charge is 0.341 e. The zero-order valence-corrected chi connectivity index (χ0v) is 17.7. The van der Waals surface area contributed by atoms with E-state index in [4.69, 9.17) is 19.7 Å². The van der Waals surface area contributed by atoms with E-state index in [9.17, 15) is 9.59 Å². The maximum absolute atomic E-state index is 12.3. The van der Waals surface area contributed by atoms with Crippen molar-refractivity contribution in [2.45, 2.75) is 33.7 Å². The van der Waals surface area contributed by atoms with Gasteiger partial charge in [-0.25, -0.2) is 4.79 Å². The number of H-pyrrole nitrogens is 1. The number of methoxy groups -OCH3 is 1. The van der Waals surface area contributed by atoms with Crippen molar-refractivity contribution in [1.29, 1.82) is 0 Å². The van der Waals surface area contributed by atoms with Crippen molar-refractivity contribution in [3.8, 4) is 17.1 Å². The molecule has 0 radical (unpaired) electrons. The minimum atomic E-state index is -1.26. The Labute approximate surface area is 174 Å². The number of carboxylic acid groups (broad SMARTS) is 1. The van der Waals surface area contributed by atoms with Gasteiger partial charge in [0.2, 0.25) is 0 Å². The molecule has 0 amide bonds. The average molecular weight is 413 g/mol. The summed E-state index contributed by atoms with van der Waals surface area (Å²) in [6.07, 6.45) is 2.09. The molecule has 0 atom stereocenters. The van der Waals surface area contributed by atoms with Crippen LogP contribution in [-0.2, 0) is 11.3 Å². The first-order valence-electron chi connectivity index (χ1n) is 9.79. The molecule has 2 heterocycles. The normalized spacial score (nSPS) is 11.7. The minimum Gasteiger partial charge on any atom is -0.489 e. The Bertz CT molecular complexity index is 1110. The van der Waals surface area contributed by atoms with E-state index < -0.39 is 11.4 Å². The topological polar surface area (TPSA) is 106 Å². The Balaban J connectivity index is 2.14. The monoisotopic (exact) mass is 413 g/mol. The van der Waals surface area contributed by atoms with Crippen LogP contribution in [0.15, 0.2) is 35.3 Å². The Morgan fingerprint density at radius 1 is 1.27 bits per heavy atom. The quantitative estimate of drug-likeness (QED) is 0.547. The number of aryl methyl sites for hydroxylation is 1. The molecule has 160 valence electrons. The molecule has 30 heavy (non-hydrogen) atoms. The second kappa shape index (κ2) is 8.71. The zero-order valence-electron chi connectivity index (χ0n) is 17.7. The Hall–Kier alpha value is -3.13. The van der Waals surface area contributed by atoms with E-state index in [0.717, 1.165) is 17.5 Å². The van der Waals surface area contributed by atoms with Gasteiger partial charge >= 0.3 is 5.97 Å². The number of carbonyl (C=O) groups is 1. The molecule has 3 aromatic rings. The average Bonchev–Trinajstić information content (AvgIpc) is 3.05. The molecule has 0 aliphatic carbocycles. The van der Waals surface area contributed by atoms with Crippen molar-refractivity contribution < 1.29 is 19.4 Å². The fraction of sp³-hybridized carbons (Fsp3) is 0.409. The molecule has 0 spiro atoms. The standard InChI is InChI=1S/C22H27N3O5/c1-22(2,3)8-9-25-20(16-12-17(26)15(13-23-16)21(27)28)14-6-5-7-18(19(14)24-25)30-11-10-29-4/h5-7,12-13H,8-11H2,1-4H3,(H,23,26)(H,27,28). The Kier molecular flexibility index (Phi) is 6.26. The van der Waals surface area contributed by atoms with Crippen molar-refractivity contribution in [3.05, 3.63) is 46.2 Å². The maximum atomic E-state index is 12.3. The van der Waals surface area contributed by atoms with Gasteiger partial charge in [0, 0.05) is 31.3 Å². The van der Waals surface area contributed by atoms with Crippen LogP contribution in [0.1, 0.15) is 37.6 Å². The van der Waals surface area contributed by atoms with Crippen LogP contribution in [0, 0.1) is 5.41 Å². The fourth-order valence-electron chi connectivity index (χ4n) is 3.14. The number of nitrogens with zero attached hydrogens (tertiary/aromatic N) is 2. The largest absolute Gasteiger partial charge is 0.489 e.